The number of benzene rings is 2. The Kier molecular flexibility index (Phi) is 4.88. The van der Waals surface area contributed by atoms with Crippen molar-refractivity contribution < 1.29 is 18.7 Å². The van der Waals surface area contributed by atoms with Gasteiger partial charge >= 0.3 is 0 Å². The predicted octanol–water partition coefficient (Wildman–Crippen LogP) is 3.74. The molecule has 0 bridgehead atoms. The molecule has 0 unspecified atom stereocenters. The molecule has 8 heteroatoms. The fraction of sp³-hybridized carbons (Fsp3) is 0.105. The zero-order chi connectivity index (χ0) is 18.6. The number of thioether (sulfide) groups is 1. The fourth-order valence-corrected chi connectivity index (χ4v) is 3.10. The molecule has 27 heavy (non-hydrogen) atoms. The number of rotatable bonds is 5. The Balaban J connectivity index is 1.33. The van der Waals surface area contributed by atoms with E-state index in [0.29, 0.717) is 27.9 Å². The molecule has 0 aliphatic carbocycles. The molecule has 0 saturated heterocycles. The number of carbonyl (C=O) groups excluding carboxylic acids is 1. The number of nitrogens with one attached hydrogen (secondary N) is 1. The summed E-state index contributed by atoms with van der Waals surface area (Å²) >= 11 is 1.28. The first-order valence-electron chi connectivity index (χ1n) is 8.09. The van der Waals surface area contributed by atoms with E-state index in [9.17, 15) is 9.18 Å². The lowest BCUT2D eigenvalue weighted by molar-refractivity contribution is -0.113. The monoisotopic (exact) mass is 383 g/mol. The third-order valence-electron chi connectivity index (χ3n) is 3.79. The number of amides is 1. The van der Waals surface area contributed by atoms with Crippen LogP contribution in [-0.2, 0) is 4.79 Å². The molecule has 6 nitrogen and oxygen atoms in total. The average molecular weight is 383 g/mol. The lowest BCUT2D eigenvalue weighted by Gasteiger charge is -2.06. The normalized spacial score (nSPS) is 12.0. The molecule has 0 fully saturated rings. The van der Waals surface area contributed by atoms with E-state index in [1.54, 1.807) is 42.5 Å². The van der Waals surface area contributed by atoms with Crippen LogP contribution in [0.3, 0.4) is 0 Å². The second-order valence-electron chi connectivity index (χ2n) is 5.67. The third-order valence-corrected chi connectivity index (χ3v) is 4.71. The van der Waals surface area contributed by atoms with Crippen LogP contribution < -0.4 is 14.8 Å². The lowest BCUT2D eigenvalue weighted by atomic mass is 10.1. The van der Waals surface area contributed by atoms with Crippen LogP contribution in [0.4, 0.5) is 10.1 Å². The molecule has 0 radical (unpaired) electrons. The topological polar surface area (TPSA) is 73.3 Å². The molecule has 4 rings (SSSR count). The van der Waals surface area contributed by atoms with Crippen molar-refractivity contribution in [2.75, 3.05) is 17.9 Å². The summed E-state index contributed by atoms with van der Waals surface area (Å²) in [4.78, 5) is 12.1. The minimum absolute atomic E-state index is 0.164. The van der Waals surface area contributed by atoms with Gasteiger partial charge in [-0.1, -0.05) is 11.8 Å². The van der Waals surface area contributed by atoms with Gasteiger partial charge in [-0.2, -0.15) is 0 Å². The first-order valence-corrected chi connectivity index (χ1v) is 9.08. The van der Waals surface area contributed by atoms with E-state index < -0.39 is 0 Å². The number of hydrogen-bond acceptors (Lipinski definition) is 6. The van der Waals surface area contributed by atoms with Gasteiger partial charge in [0.2, 0.25) is 12.7 Å². The Morgan fingerprint density at radius 3 is 2.63 bits per heavy atom. The van der Waals surface area contributed by atoms with Gasteiger partial charge in [-0.25, -0.2) is 4.39 Å². The molecule has 1 aromatic heterocycles. The highest BCUT2D eigenvalue weighted by atomic mass is 32.2. The van der Waals surface area contributed by atoms with Crippen molar-refractivity contribution in [3.8, 4) is 22.8 Å². The van der Waals surface area contributed by atoms with Crippen molar-refractivity contribution >= 4 is 23.4 Å². The van der Waals surface area contributed by atoms with Gasteiger partial charge in [0.05, 0.1) is 11.4 Å². The smallest absolute Gasteiger partial charge is 0.234 e. The van der Waals surface area contributed by atoms with Crippen LogP contribution in [0.1, 0.15) is 0 Å². The van der Waals surface area contributed by atoms with Gasteiger partial charge in [-0.3, -0.25) is 4.79 Å². The van der Waals surface area contributed by atoms with E-state index in [1.807, 2.05) is 0 Å². The van der Waals surface area contributed by atoms with E-state index in [4.69, 9.17) is 9.47 Å². The summed E-state index contributed by atoms with van der Waals surface area (Å²) in [6.45, 7) is 0.190. The van der Waals surface area contributed by atoms with Crippen LogP contribution in [-0.4, -0.2) is 28.7 Å². The molecule has 1 amide bonds. The maximum atomic E-state index is 13.0. The summed E-state index contributed by atoms with van der Waals surface area (Å²) < 4.78 is 23.5. The van der Waals surface area contributed by atoms with Crippen LogP contribution in [0.25, 0.3) is 11.3 Å². The van der Waals surface area contributed by atoms with Gasteiger partial charge in [0.25, 0.3) is 0 Å². The number of ether oxygens (including phenoxy) is 2. The zero-order valence-electron chi connectivity index (χ0n) is 14.0. The Bertz CT molecular complexity index is 965. The Hall–Kier alpha value is -3.13. The standard InChI is InChI=1S/C19H14FN3O3S/c20-13-3-1-12(2-4-13)15-6-8-19(23-22-15)27-10-18(24)21-14-5-7-16-17(9-14)26-11-25-16/h1-9H,10-11H2,(H,21,24). The van der Waals surface area contributed by atoms with Crippen molar-refractivity contribution in [3.05, 3.63) is 60.4 Å². The number of hydrogen-bond donors (Lipinski definition) is 1. The first-order chi connectivity index (χ1) is 13.2. The molecule has 136 valence electrons. The minimum atomic E-state index is -0.299. The molecule has 0 atom stereocenters. The summed E-state index contributed by atoms with van der Waals surface area (Å²) in [6.07, 6.45) is 0. The van der Waals surface area contributed by atoms with Gasteiger partial charge < -0.3 is 14.8 Å². The van der Waals surface area contributed by atoms with Crippen LogP contribution in [0, 0.1) is 5.82 Å². The van der Waals surface area contributed by atoms with Crippen molar-refractivity contribution in [3.63, 3.8) is 0 Å². The summed E-state index contributed by atoms with van der Waals surface area (Å²) in [5.41, 5.74) is 2.06. The molecular weight excluding hydrogens is 369 g/mol. The van der Waals surface area contributed by atoms with Crippen molar-refractivity contribution in [1.29, 1.82) is 0 Å². The summed E-state index contributed by atoms with van der Waals surface area (Å²) in [5, 5.41) is 11.7. The summed E-state index contributed by atoms with van der Waals surface area (Å²) in [5.74, 6) is 1.01. The third kappa shape index (κ3) is 4.17. The number of anilines is 1. The number of nitrogens with zero attached hydrogens (tertiary/aromatic N) is 2. The molecule has 1 N–H and O–H groups in total. The van der Waals surface area contributed by atoms with Gasteiger partial charge in [-0.05, 0) is 48.5 Å². The number of halogens is 1. The van der Waals surface area contributed by atoms with Crippen molar-refractivity contribution in [1.82, 2.24) is 10.2 Å². The van der Waals surface area contributed by atoms with E-state index >= 15 is 0 Å². The summed E-state index contributed by atoms with van der Waals surface area (Å²) in [6, 6.07) is 14.8. The number of carbonyl (C=O) groups is 1. The van der Waals surface area contributed by atoms with E-state index in [2.05, 4.69) is 15.5 Å². The quantitative estimate of drug-likeness (QED) is 0.677. The predicted molar refractivity (Wildman–Crippen MR) is 99.3 cm³/mol. The van der Waals surface area contributed by atoms with Crippen LogP contribution in [0.5, 0.6) is 11.5 Å². The molecule has 0 saturated carbocycles. The van der Waals surface area contributed by atoms with Crippen LogP contribution >= 0.6 is 11.8 Å². The second kappa shape index (κ2) is 7.63. The Morgan fingerprint density at radius 1 is 1.04 bits per heavy atom. The van der Waals surface area contributed by atoms with Crippen molar-refractivity contribution in [2.24, 2.45) is 0 Å². The van der Waals surface area contributed by atoms with Crippen molar-refractivity contribution in [2.45, 2.75) is 5.03 Å². The highest BCUT2D eigenvalue weighted by Gasteiger charge is 2.14. The lowest BCUT2D eigenvalue weighted by Crippen LogP contribution is -2.14. The van der Waals surface area contributed by atoms with Gasteiger partial charge in [0, 0.05) is 17.3 Å². The van der Waals surface area contributed by atoms with E-state index in [-0.39, 0.29) is 24.3 Å². The van der Waals surface area contributed by atoms with E-state index in [0.717, 1.165) is 5.56 Å². The minimum Gasteiger partial charge on any atom is -0.454 e. The van der Waals surface area contributed by atoms with Crippen LogP contribution in [0.15, 0.2) is 59.6 Å². The number of aromatic nitrogens is 2. The maximum Gasteiger partial charge on any atom is 0.234 e. The molecule has 0 spiro atoms. The first kappa shape index (κ1) is 17.3. The molecule has 1 aliphatic rings. The maximum absolute atomic E-state index is 13.0. The van der Waals surface area contributed by atoms with Gasteiger partial charge in [0.15, 0.2) is 11.5 Å². The average Bonchev–Trinajstić information content (AvgIpc) is 3.15. The molecule has 1 aliphatic heterocycles. The van der Waals surface area contributed by atoms with E-state index in [1.165, 1.54) is 23.9 Å². The fourth-order valence-electron chi connectivity index (χ4n) is 2.48. The summed E-state index contributed by atoms with van der Waals surface area (Å²) in [7, 11) is 0. The largest absolute Gasteiger partial charge is 0.454 e. The Labute approximate surface area is 158 Å². The van der Waals surface area contributed by atoms with Gasteiger partial charge in [0.1, 0.15) is 10.8 Å². The molecule has 2 aromatic carbocycles. The SMILES string of the molecule is O=C(CSc1ccc(-c2ccc(F)cc2)nn1)Nc1ccc2c(c1)OCO2. The molecule has 3 aromatic rings. The zero-order valence-corrected chi connectivity index (χ0v) is 14.8. The van der Waals surface area contributed by atoms with Gasteiger partial charge in [-0.15, -0.1) is 10.2 Å². The second-order valence-corrected chi connectivity index (χ2v) is 6.66. The number of fused-ring (bicyclic) bond motifs is 1. The highest BCUT2D eigenvalue weighted by molar-refractivity contribution is 7.99. The molecular formula is C19H14FN3O3S. The van der Waals surface area contributed by atoms with Crippen LogP contribution in [0.2, 0.25) is 0 Å². The highest BCUT2D eigenvalue weighted by Crippen LogP contribution is 2.34. The Morgan fingerprint density at radius 2 is 1.85 bits per heavy atom. The molecule has 2 heterocycles.